The second kappa shape index (κ2) is 5.00. The standard InChI is InChI=1S/C14H24N2O2S/c1-5-13(3,6-2)15-12(18)10-9-19-14(4)8-7-11(17)16(10)14/h10H,5-9H2,1-4H3,(H,15,18)/t10-,14-/m1/s1. The summed E-state index contributed by atoms with van der Waals surface area (Å²) in [6, 6.07) is -0.289. The summed E-state index contributed by atoms with van der Waals surface area (Å²) in [4.78, 5) is 26.2. The van der Waals surface area contributed by atoms with E-state index in [1.165, 1.54) is 0 Å². The van der Waals surface area contributed by atoms with Crippen LogP contribution in [0, 0.1) is 0 Å². The van der Waals surface area contributed by atoms with Crippen molar-refractivity contribution in [3.63, 3.8) is 0 Å². The summed E-state index contributed by atoms with van der Waals surface area (Å²) in [7, 11) is 0. The summed E-state index contributed by atoms with van der Waals surface area (Å²) in [6.07, 6.45) is 3.24. The molecule has 0 spiro atoms. The Labute approximate surface area is 119 Å². The van der Waals surface area contributed by atoms with Crippen molar-refractivity contribution in [3.05, 3.63) is 0 Å². The van der Waals surface area contributed by atoms with Crippen molar-refractivity contribution < 1.29 is 9.59 Å². The van der Waals surface area contributed by atoms with E-state index < -0.39 is 0 Å². The molecule has 0 aromatic heterocycles. The van der Waals surface area contributed by atoms with Crippen molar-refractivity contribution in [3.8, 4) is 0 Å². The van der Waals surface area contributed by atoms with Crippen LogP contribution in [-0.4, -0.2) is 38.9 Å². The van der Waals surface area contributed by atoms with Gasteiger partial charge < -0.3 is 10.2 Å². The molecule has 5 heteroatoms. The van der Waals surface area contributed by atoms with E-state index in [0.29, 0.717) is 6.42 Å². The van der Waals surface area contributed by atoms with Gasteiger partial charge in [0, 0.05) is 17.7 Å². The van der Waals surface area contributed by atoms with Crippen LogP contribution < -0.4 is 5.32 Å². The number of nitrogens with one attached hydrogen (secondary N) is 1. The molecule has 2 rings (SSSR count). The molecular weight excluding hydrogens is 260 g/mol. The first-order valence-corrected chi connectivity index (χ1v) is 8.12. The van der Waals surface area contributed by atoms with Gasteiger partial charge in [-0.2, -0.15) is 0 Å². The topological polar surface area (TPSA) is 49.4 Å². The molecule has 0 radical (unpaired) electrons. The van der Waals surface area contributed by atoms with Gasteiger partial charge in [0.2, 0.25) is 11.8 Å². The van der Waals surface area contributed by atoms with Crippen LogP contribution in [-0.2, 0) is 9.59 Å². The van der Waals surface area contributed by atoms with Crippen LogP contribution in [0.2, 0.25) is 0 Å². The van der Waals surface area contributed by atoms with E-state index in [2.05, 4.69) is 33.0 Å². The largest absolute Gasteiger partial charge is 0.349 e. The summed E-state index contributed by atoms with van der Waals surface area (Å²) < 4.78 is 0. The molecule has 2 saturated heterocycles. The van der Waals surface area contributed by atoms with Gasteiger partial charge in [-0.15, -0.1) is 11.8 Å². The van der Waals surface area contributed by atoms with E-state index in [9.17, 15) is 9.59 Å². The minimum absolute atomic E-state index is 0.0117. The fourth-order valence-electron chi connectivity index (χ4n) is 2.82. The van der Waals surface area contributed by atoms with Gasteiger partial charge in [0.15, 0.2) is 0 Å². The van der Waals surface area contributed by atoms with Crippen LogP contribution in [0.3, 0.4) is 0 Å². The summed E-state index contributed by atoms with van der Waals surface area (Å²) in [5.41, 5.74) is -0.163. The number of rotatable bonds is 4. The number of hydrogen-bond acceptors (Lipinski definition) is 3. The molecule has 0 saturated carbocycles. The van der Waals surface area contributed by atoms with Gasteiger partial charge in [0.25, 0.3) is 0 Å². The summed E-state index contributed by atoms with van der Waals surface area (Å²) in [6.45, 7) is 8.31. The van der Waals surface area contributed by atoms with Crippen LogP contribution in [0.4, 0.5) is 0 Å². The Bertz CT molecular complexity index is 395. The zero-order valence-electron chi connectivity index (χ0n) is 12.3. The minimum Gasteiger partial charge on any atom is -0.349 e. The molecule has 2 amide bonds. The lowest BCUT2D eigenvalue weighted by Gasteiger charge is -2.34. The van der Waals surface area contributed by atoms with E-state index >= 15 is 0 Å². The molecule has 108 valence electrons. The van der Waals surface area contributed by atoms with E-state index in [0.717, 1.165) is 25.0 Å². The first-order chi connectivity index (χ1) is 8.85. The molecule has 2 aliphatic rings. The van der Waals surface area contributed by atoms with Crippen LogP contribution in [0.1, 0.15) is 53.4 Å². The van der Waals surface area contributed by atoms with Crippen molar-refractivity contribution in [2.24, 2.45) is 0 Å². The molecular formula is C14H24N2O2S. The van der Waals surface area contributed by atoms with Crippen LogP contribution in [0.5, 0.6) is 0 Å². The molecule has 0 bridgehead atoms. The van der Waals surface area contributed by atoms with E-state index in [-0.39, 0.29) is 28.3 Å². The van der Waals surface area contributed by atoms with Gasteiger partial charge in [-0.1, -0.05) is 13.8 Å². The highest BCUT2D eigenvalue weighted by Crippen LogP contribution is 2.47. The summed E-state index contributed by atoms with van der Waals surface area (Å²) >= 11 is 1.74. The van der Waals surface area contributed by atoms with Crippen LogP contribution in [0.25, 0.3) is 0 Å². The molecule has 2 fully saturated rings. The molecule has 0 unspecified atom stereocenters. The fourth-order valence-corrected chi connectivity index (χ4v) is 4.25. The van der Waals surface area contributed by atoms with Crippen LogP contribution >= 0.6 is 11.8 Å². The highest BCUT2D eigenvalue weighted by molar-refractivity contribution is 8.01. The van der Waals surface area contributed by atoms with E-state index in [1.54, 1.807) is 11.8 Å². The first kappa shape index (κ1) is 14.7. The molecule has 1 N–H and O–H groups in total. The average Bonchev–Trinajstić information content (AvgIpc) is 2.87. The number of hydrogen-bond donors (Lipinski definition) is 1. The van der Waals surface area contributed by atoms with E-state index in [4.69, 9.17) is 0 Å². The molecule has 0 aliphatic carbocycles. The lowest BCUT2D eigenvalue weighted by molar-refractivity contribution is -0.138. The molecule has 2 heterocycles. The zero-order chi connectivity index (χ0) is 14.3. The number of thioether (sulfide) groups is 1. The Morgan fingerprint density at radius 1 is 1.53 bits per heavy atom. The van der Waals surface area contributed by atoms with Gasteiger partial charge >= 0.3 is 0 Å². The molecule has 0 aromatic rings. The summed E-state index contributed by atoms with van der Waals surface area (Å²) in [5, 5.41) is 3.14. The Kier molecular flexibility index (Phi) is 3.87. The lowest BCUT2D eigenvalue weighted by atomic mass is 9.95. The van der Waals surface area contributed by atoms with Crippen molar-refractivity contribution in [1.82, 2.24) is 10.2 Å². The highest BCUT2D eigenvalue weighted by atomic mass is 32.2. The quantitative estimate of drug-likeness (QED) is 0.860. The average molecular weight is 284 g/mol. The van der Waals surface area contributed by atoms with Gasteiger partial charge in [-0.3, -0.25) is 9.59 Å². The SMILES string of the molecule is CCC(C)(CC)NC(=O)[C@H]1CS[C@]2(C)CCC(=O)N12. The zero-order valence-corrected chi connectivity index (χ0v) is 13.1. The smallest absolute Gasteiger partial charge is 0.244 e. The predicted molar refractivity (Wildman–Crippen MR) is 77.9 cm³/mol. The van der Waals surface area contributed by atoms with Crippen LogP contribution in [0.15, 0.2) is 0 Å². The second-order valence-electron chi connectivity index (χ2n) is 6.02. The third kappa shape index (κ3) is 2.49. The maximum atomic E-state index is 12.5. The second-order valence-corrected chi connectivity index (χ2v) is 7.52. The lowest BCUT2D eigenvalue weighted by Crippen LogP contribution is -2.55. The third-order valence-corrected chi connectivity index (χ3v) is 6.24. The molecule has 2 aliphatic heterocycles. The maximum absolute atomic E-state index is 12.5. The van der Waals surface area contributed by atoms with Crippen molar-refractivity contribution in [1.29, 1.82) is 0 Å². The first-order valence-electron chi connectivity index (χ1n) is 7.13. The number of carbonyl (C=O) groups is 2. The number of amides is 2. The van der Waals surface area contributed by atoms with Gasteiger partial charge in [0.05, 0.1) is 4.87 Å². The maximum Gasteiger partial charge on any atom is 0.244 e. The molecule has 19 heavy (non-hydrogen) atoms. The van der Waals surface area contributed by atoms with Gasteiger partial charge in [-0.05, 0) is 33.1 Å². The number of nitrogens with zero attached hydrogens (tertiary/aromatic N) is 1. The Morgan fingerprint density at radius 3 is 2.74 bits per heavy atom. The van der Waals surface area contributed by atoms with Crippen molar-refractivity contribution >= 4 is 23.6 Å². The van der Waals surface area contributed by atoms with Crippen molar-refractivity contribution in [2.45, 2.75) is 69.8 Å². The summed E-state index contributed by atoms with van der Waals surface area (Å²) in [5.74, 6) is 0.859. The fraction of sp³-hybridized carbons (Fsp3) is 0.857. The number of carbonyl (C=O) groups excluding carboxylic acids is 2. The Morgan fingerprint density at radius 2 is 2.16 bits per heavy atom. The number of fused-ring (bicyclic) bond motifs is 1. The Balaban J connectivity index is 2.11. The molecule has 4 nitrogen and oxygen atoms in total. The normalized spacial score (nSPS) is 30.6. The van der Waals surface area contributed by atoms with Gasteiger partial charge in [0.1, 0.15) is 6.04 Å². The van der Waals surface area contributed by atoms with Gasteiger partial charge in [-0.25, -0.2) is 0 Å². The van der Waals surface area contributed by atoms with E-state index in [1.807, 2.05) is 4.90 Å². The van der Waals surface area contributed by atoms with Crippen molar-refractivity contribution in [2.75, 3.05) is 5.75 Å². The Hall–Kier alpha value is -0.710. The molecule has 0 aromatic carbocycles. The third-order valence-electron chi connectivity index (χ3n) is 4.73. The minimum atomic E-state index is -0.289. The predicted octanol–water partition coefficient (Wildman–Crippen LogP) is 2.14. The molecule has 2 atom stereocenters. The monoisotopic (exact) mass is 284 g/mol. The highest BCUT2D eigenvalue weighted by Gasteiger charge is 2.53.